The fourth-order valence-electron chi connectivity index (χ4n) is 2.99. The van der Waals surface area contributed by atoms with Crippen molar-refractivity contribution in [3.05, 3.63) is 29.8 Å². The highest BCUT2D eigenvalue weighted by Crippen LogP contribution is 2.18. The summed E-state index contributed by atoms with van der Waals surface area (Å²) in [7, 11) is -3.56. The number of sulfonamides is 1. The van der Waals surface area contributed by atoms with Crippen LogP contribution in [-0.2, 0) is 10.0 Å². The molecule has 2 N–H and O–H groups in total. The number of benzene rings is 1. The second-order valence-electron chi connectivity index (χ2n) is 6.17. The summed E-state index contributed by atoms with van der Waals surface area (Å²) >= 11 is 0. The van der Waals surface area contributed by atoms with Crippen molar-refractivity contribution in [3.63, 3.8) is 0 Å². The Hall–Kier alpha value is -1.44. The molecule has 2 rings (SSSR count). The van der Waals surface area contributed by atoms with Crippen LogP contribution >= 0.6 is 0 Å². The predicted octanol–water partition coefficient (Wildman–Crippen LogP) is 1.44. The van der Waals surface area contributed by atoms with E-state index in [1.54, 1.807) is 26.0 Å². The van der Waals surface area contributed by atoms with Crippen LogP contribution < -0.4 is 10.6 Å². The maximum absolute atomic E-state index is 12.6. The molecule has 0 radical (unpaired) electrons. The Morgan fingerprint density at radius 1 is 1.33 bits per heavy atom. The van der Waals surface area contributed by atoms with Crippen LogP contribution in [0.1, 0.15) is 37.6 Å². The monoisotopic (exact) mass is 353 g/mol. The molecule has 1 aromatic rings. The number of carbonyl (C=O) groups is 1. The number of amides is 1. The molecule has 134 valence electrons. The summed E-state index contributed by atoms with van der Waals surface area (Å²) in [5.41, 5.74) is 0.383. The molecule has 1 aromatic carbocycles. The third-order valence-electron chi connectivity index (χ3n) is 4.54. The van der Waals surface area contributed by atoms with Crippen molar-refractivity contribution < 1.29 is 13.2 Å². The number of hydrogen-bond donors (Lipinski definition) is 2. The molecule has 2 unspecified atom stereocenters. The van der Waals surface area contributed by atoms with Gasteiger partial charge in [0.15, 0.2) is 0 Å². The van der Waals surface area contributed by atoms with Gasteiger partial charge in [-0.2, -0.15) is 4.31 Å². The third kappa shape index (κ3) is 4.15. The van der Waals surface area contributed by atoms with Gasteiger partial charge in [-0.25, -0.2) is 8.42 Å². The maximum atomic E-state index is 12.6. The molecule has 0 aromatic heterocycles. The molecule has 1 heterocycles. The summed E-state index contributed by atoms with van der Waals surface area (Å²) in [6, 6.07) is 6.40. The first-order chi connectivity index (χ1) is 11.4. The van der Waals surface area contributed by atoms with E-state index < -0.39 is 10.0 Å². The average Bonchev–Trinajstić information content (AvgIpc) is 2.58. The van der Waals surface area contributed by atoms with Gasteiger partial charge >= 0.3 is 0 Å². The quantitative estimate of drug-likeness (QED) is 0.811. The van der Waals surface area contributed by atoms with Crippen molar-refractivity contribution in [1.29, 1.82) is 0 Å². The highest BCUT2D eigenvalue weighted by Gasteiger charge is 2.25. The molecule has 24 heavy (non-hydrogen) atoms. The molecule has 7 heteroatoms. The third-order valence-corrected chi connectivity index (χ3v) is 6.59. The van der Waals surface area contributed by atoms with Crippen molar-refractivity contribution in [2.75, 3.05) is 26.2 Å². The van der Waals surface area contributed by atoms with Crippen LogP contribution in [0.2, 0.25) is 0 Å². The lowest BCUT2D eigenvalue weighted by Crippen LogP contribution is -2.48. The molecule has 1 saturated heterocycles. The molecule has 2 atom stereocenters. The van der Waals surface area contributed by atoms with Crippen molar-refractivity contribution in [3.8, 4) is 0 Å². The zero-order valence-electron chi connectivity index (χ0n) is 14.6. The van der Waals surface area contributed by atoms with E-state index in [1.807, 2.05) is 0 Å². The van der Waals surface area contributed by atoms with E-state index >= 15 is 0 Å². The Kier molecular flexibility index (Phi) is 6.37. The van der Waals surface area contributed by atoms with Crippen molar-refractivity contribution in [1.82, 2.24) is 14.9 Å². The summed E-state index contributed by atoms with van der Waals surface area (Å²) in [4.78, 5) is 12.7. The topological polar surface area (TPSA) is 78.5 Å². The van der Waals surface area contributed by atoms with Crippen LogP contribution in [0, 0.1) is 5.92 Å². The zero-order chi connectivity index (χ0) is 17.7. The van der Waals surface area contributed by atoms with Gasteiger partial charge in [0.05, 0.1) is 4.90 Å². The Bertz CT molecular complexity index is 671. The average molecular weight is 353 g/mol. The number of nitrogens with one attached hydrogen (secondary N) is 2. The smallest absolute Gasteiger partial charge is 0.251 e. The van der Waals surface area contributed by atoms with E-state index in [4.69, 9.17) is 0 Å². The molecule has 0 aliphatic carbocycles. The van der Waals surface area contributed by atoms with E-state index in [2.05, 4.69) is 17.6 Å². The molecule has 1 amide bonds. The second-order valence-corrected chi connectivity index (χ2v) is 8.11. The van der Waals surface area contributed by atoms with E-state index in [0.29, 0.717) is 24.6 Å². The number of carbonyl (C=O) groups excluding carboxylic acids is 1. The van der Waals surface area contributed by atoms with Crippen LogP contribution in [0.5, 0.6) is 0 Å². The van der Waals surface area contributed by atoms with E-state index in [9.17, 15) is 13.2 Å². The SMILES string of the molecule is CCN(CC)S(=O)(=O)c1cccc(C(=O)NC2CCNCC2C)c1. The molecule has 0 bridgehead atoms. The summed E-state index contributed by atoms with van der Waals surface area (Å²) in [6.07, 6.45) is 0.879. The van der Waals surface area contributed by atoms with Crippen molar-refractivity contribution >= 4 is 15.9 Å². The first-order valence-electron chi connectivity index (χ1n) is 8.52. The molecular weight excluding hydrogens is 326 g/mol. The Morgan fingerprint density at radius 3 is 2.67 bits per heavy atom. The Balaban J connectivity index is 2.19. The highest BCUT2D eigenvalue weighted by atomic mass is 32.2. The highest BCUT2D eigenvalue weighted by molar-refractivity contribution is 7.89. The lowest BCUT2D eigenvalue weighted by molar-refractivity contribution is 0.0914. The lowest BCUT2D eigenvalue weighted by Gasteiger charge is -2.30. The minimum Gasteiger partial charge on any atom is -0.349 e. The van der Waals surface area contributed by atoms with Crippen LogP contribution in [-0.4, -0.2) is 50.9 Å². The van der Waals surface area contributed by atoms with Gasteiger partial charge in [0.25, 0.3) is 5.91 Å². The summed E-state index contributed by atoms with van der Waals surface area (Å²) < 4.78 is 26.6. The molecule has 1 aliphatic rings. The molecular formula is C17H27N3O3S. The van der Waals surface area contributed by atoms with E-state index in [-0.39, 0.29) is 16.8 Å². The standard InChI is InChI=1S/C17H27N3O3S/c1-4-20(5-2)24(22,23)15-8-6-7-14(11-15)17(21)19-16-9-10-18-12-13(16)3/h6-8,11,13,16,18H,4-5,9-10,12H2,1-3H3,(H,19,21). The number of rotatable bonds is 6. The van der Waals surface area contributed by atoms with Crippen molar-refractivity contribution in [2.24, 2.45) is 5.92 Å². The summed E-state index contributed by atoms with van der Waals surface area (Å²) in [5.74, 6) is 0.135. The normalized spacial score (nSPS) is 21.7. The molecule has 6 nitrogen and oxygen atoms in total. The van der Waals surface area contributed by atoms with Gasteiger partial charge in [0.2, 0.25) is 10.0 Å². The van der Waals surface area contributed by atoms with Gasteiger partial charge in [-0.3, -0.25) is 4.79 Å². The van der Waals surface area contributed by atoms with Crippen molar-refractivity contribution in [2.45, 2.75) is 38.1 Å². The fourth-order valence-corrected chi connectivity index (χ4v) is 4.50. The number of hydrogen-bond acceptors (Lipinski definition) is 4. The summed E-state index contributed by atoms with van der Waals surface area (Å²) in [6.45, 7) is 8.27. The first kappa shape index (κ1) is 18.9. The maximum Gasteiger partial charge on any atom is 0.251 e. The van der Waals surface area contributed by atoms with Gasteiger partial charge < -0.3 is 10.6 Å². The molecule has 1 fully saturated rings. The molecule has 1 aliphatic heterocycles. The van der Waals surface area contributed by atoms with Crippen LogP contribution in [0.3, 0.4) is 0 Å². The van der Waals surface area contributed by atoms with E-state index in [0.717, 1.165) is 19.5 Å². The van der Waals surface area contributed by atoms with Gasteiger partial charge in [0.1, 0.15) is 0 Å². The van der Waals surface area contributed by atoms with Crippen LogP contribution in [0.4, 0.5) is 0 Å². The summed E-state index contributed by atoms with van der Waals surface area (Å²) in [5, 5.41) is 6.33. The van der Waals surface area contributed by atoms with Crippen LogP contribution in [0.15, 0.2) is 29.2 Å². The second kappa shape index (κ2) is 8.09. The Labute approximate surface area is 144 Å². The minimum absolute atomic E-state index is 0.113. The number of piperidine rings is 1. The van der Waals surface area contributed by atoms with Crippen LogP contribution in [0.25, 0.3) is 0 Å². The van der Waals surface area contributed by atoms with Gasteiger partial charge in [-0.05, 0) is 43.6 Å². The largest absolute Gasteiger partial charge is 0.349 e. The minimum atomic E-state index is -3.56. The molecule has 0 spiro atoms. The van der Waals surface area contributed by atoms with E-state index in [1.165, 1.54) is 16.4 Å². The fraction of sp³-hybridized carbons (Fsp3) is 0.588. The zero-order valence-corrected chi connectivity index (χ0v) is 15.4. The van der Waals surface area contributed by atoms with Gasteiger partial charge in [-0.15, -0.1) is 0 Å². The van der Waals surface area contributed by atoms with Gasteiger partial charge in [0, 0.05) is 24.7 Å². The van der Waals surface area contributed by atoms with Gasteiger partial charge in [-0.1, -0.05) is 26.8 Å². The number of nitrogens with zero attached hydrogens (tertiary/aromatic N) is 1. The Morgan fingerprint density at radius 2 is 2.04 bits per heavy atom. The predicted molar refractivity (Wildman–Crippen MR) is 94.5 cm³/mol. The first-order valence-corrected chi connectivity index (χ1v) is 9.96. The lowest BCUT2D eigenvalue weighted by atomic mass is 9.95. The molecule has 0 saturated carbocycles.